The van der Waals surface area contributed by atoms with Crippen molar-refractivity contribution in [2.45, 2.75) is 33.2 Å². The van der Waals surface area contributed by atoms with Gasteiger partial charge in [-0.3, -0.25) is 5.41 Å². The van der Waals surface area contributed by atoms with E-state index >= 15 is 0 Å². The van der Waals surface area contributed by atoms with Crippen molar-refractivity contribution < 1.29 is 8.42 Å². The van der Waals surface area contributed by atoms with E-state index in [9.17, 15) is 8.42 Å². The van der Waals surface area contributed by atoms with Gasteiger partial charge in [0, 0.05) is 25.6 Å². The van der Waals surface area contributed by atoms with Crippen LogP contribution in [0.1, 0.15) is 27.2 Å². The molecule has 1 atom stereocenters. The number of amidine groups is 1. The molecule has 0 radical (unpaired) electrons. The van der Waals surface area contributed by atoms with Crippen molar-refractivity contribution in [3.05, 3.63) is 0 Å². The molecule has 0 amide bonds. The van der Waals surface area contributed by atoms with Crippen LogP contribution < -0.4 is 10.5 Å². The fraction of sp³-hybridized carbons (Fsp3) is 0.875. The van der Waals surface area contributed by atoms with Gasteiger partial charge in [0.2, 0.25) is 0 Å². The van der Waals surface area contributed by atoms with Crippen LogP contribution in [0, 0.1) is 5.41 Å². The van der Waals surface area contributed by atoms with Crippen LogP contribution in [0.4, 0.5) is 0 Å². The second-order valence-corrected chi connectivity index (χ2v) is 5.04. The van der Waals surface area contributed by atoms with Crippen LogP contribution >= 0.6 is 0 Å². The fourth-order valence-electron chi connectivity index (χ4n) is 1.26. The number of nitrogens with two attached hydrogens (primary N) is 1. The van der Waals surface area contributed by atoms with Crippen molar-refractivity contribution in [1.29, 1.82) is 5.41 Å². The molecule has 0 aromatic rings. The normalized spacial score (nSPS) is 14.1. The number of hydrogen-bond donors (Lipinski definition) is 3. The van der Waals surface area contributed by atoms with E-state index in [4.69, 9.17) is 11.1 Å². The van der Waals surface area contributed by atoms with Crippen LogP contribution in [-0.4, -0.2) is 37.7 Å². The molecule has 0 aliphatic carbocycles. The summed E-state index contributed by atoms with van der Waals surface area (Å²) in [6.07, 6.45) is 0.223. The lowest BCUT2D eigenvalue weighted by molar-refractivity contribution is 0.428. The lowest BCUT2D eigenvalue weighted by atomic mass is 10.2. The molecule has 90 valence electrons. The first-order chi connectivity index (χ1) is 6.83. The van der Waals surface area contributed by atoms with E-state index in [1.165, 1.54) is 4.31 Å². The van der Waals surface area contributed by atoms with Crippen molar-refractivity contribution in [1.82, 2.24) is 9.03 Å². The molecule has 0 aromatic heterocycles. The Morgan fingerprint density at radius 3 is 2.27 bits per heavy atom. The van der Waals surface area contributed by atoms with Gasteiger partial charge in [-0.05, 0) is 6.92 Å². The zero-order chi connectivity index (χ0) is 12.1. The molecule has 0 aliphatic heterocycles. The van der Waals surface area contributed by atoms with Crippen molar-refractivity contribution in [3.8, 4) is 0 Å². The van der Waals surface area contributed by atoms with Gasteiger partial charge in [0.25, 0.3) is 10.2 Å². The van der Waals surface area contributed by atoms with Crippen molar-refractivity contribution in [2.75, 3.05) is 13.1 Å². The minimum atomic E-state index is -3.44. The SMILES string of the molecule is CCN(CC)S(=O)(=O)NC(C)CC(=N)N. The summed E-state index contributed by atoms with van der Waals surface area (Å²) < 4.78 is 27.2. The molecule has 0 rings (SSSR count). The number of hydrogen-bond acceptors (Lipinski definition) is 3. The molecule has 0 saturated carbocycles. The molecule has 0 bridgehead atoms. The van der Waals surface area contributed by atoms with Crippen molar-refractivity contribution in [2.24, 2.45) is 5.73 Å². The third-order valence-electron chi connectivity index (χ3n) is 1.92. The average Bonchev–Trinajstić information content (AvgIpc) is 2.02. The molecule has 0 fully saturated rings. The average molecular weight is 236 g/mol. The van der Waals surface area contributed by atoms with Crippen LogP contribution in [0.15, 0.2) is 0 Å². The largest absolute Gasteiger partial charge is 0.388 e. The van der Waals surface area contributed by atoms with Gasteiger partial charge in [-0.15, -0.1) is 0 Å². The van der Waals surface area contributed by atoms with E-state index in [1.54, 1.807) is 20.8 Å². The molecular formula is C8H20N4O2S. The van der Waals surface area contributed by atoms with E-state index in [0.29, 0.717) is 13.1 Å². The molecule has 0 saturated heterocycles. The quantitative estimate of drug-likeness (QED) is 0.424. The first kappa shape index (κ1) is 14.3. The standard InChI is InChI=1S/C8H20N4O2S/c1-4-12(5-2)15(13,14)11-7(3)6-8(9)10/h7,11H,4-6H2,1-3H3,(H3,9,10). The Morgan fingerprint density at radius 2 is 1.93 bits per heavy atom. The van der Waals surface area contributed by atoms with Crippen molar-refractivity contribution >= 4 is 16.0 Å². The van der Waals surface area contributed by atoms with E-state index < -0.39 is 10.2 Å². The number of rotatable bonds is 7. The Balaban J connectivity index is 4.43. The van der Waals surface area contributed by atoms with Gasteiger partial charge in [-0.25, -0.2) is 0 Å². The summed E-state index contributed by atoms with van der Waals surface area (Å²) in [6, 6.07) is -0.354. The van der Waals surface area contributed by atoms with E-state index in [2.05, 4.69) is 4.72 Å². The summed E-state index contributed by atoms with van der Waals surface area (Å²) in [7, 11) is -3.44. The molecular weight excluding hydrogens is 216 g/mol. The number of nitrogens with zero attached hydrogens (tertiary/aromatic N) is 1. The van der Waals surface area contributed by atoms with Gasteiger partial charge < -0.3 is 5.73 Å². The molecule has 4 N–H and O–H groups in total. The second kappa shape index (κ2) is 6.04. The maximum absolute atomic E-state index is 11.7. The molecule has 0 spiro atoms. The summed E-state index contributed by atoms with van der Waals surface area (Å²) in [4.78, 5) is 0. The Bertz CT molecular complexity index is 298. The topological polar surface area (TPSA) is 99.3 Å². The third kappa shape index (κ3) is 5.10. The highest BCUT2D eigenvalue weighted by molar-refractivity contribution is 7.87. The smallest absolute Gasteiger partial charge is 0.279 e. The van der Waals surface area contributed by atoms with Crippen LogP contribution in [0.5, 0.6) is 0 Å². The maximum Gasteiger partial charge on any atom is 0.279 e. The van der Waals surface area contributed by atoms with E-state index in [0.717, 1.165) is 0 Å². The van der Waals surface area contributed by atoms with Gasteiger partial charge in [0.15, 0.2) is 0 Å². The summed E-state index contributed by atoms with van der Waals surface area (Å²) in [5.74, 6) is -0.0234. The van der Waals surface area contributed by atoms with Crippen LogP contribution in [0.3, 0.4) is 0 Å². The maximum atomic E-state index is 11.7. The molecule has 0 heterocycles. The second-order valence-electron chi connectivity index (χ2n) is 3.34. The Hall–Kier alpha value is -0.660. The Morgan fingerprint density at radius 1 is 1.47 bits per heavy atom. The van der Waals surface area contributed by atoms with Gasteiger partial charge >= 0.3 is 0 Å². The zero-order valence-corrected chi connectivity index (χ0v) is 10.3. The summed E-state index contributed by atoms with van der Waals surface area (Å²) >= 11 is 0. The summed E-state index contributed by atoms with van der Waals surface area (Å²) in [5, 5.41) is 7.06. The molecule has 0 aliphatic rings. The minimum Gasteiger partial charge on any atom is -0.388 e. The van der Waals surface area contributed by atoms with E-state index in [-0.39, 0.29) is 18.3 Å². The first-order valence-electron chi connectivity index (χ1n) is 4.93. The first-order valence-corrected chi connectivity index (χ1v) is 6.37. The molecule has 0 aromatic carbocycles. The Labute approximate surface area is 91.5 Å². The van der Waals surface area contributed by atoms with Gasteiger partial charge in [-0.2, -0.15) is 17.4 Å². The molecule has 7 heteroatoms. The van der Waals surface area contributed by atoms with Crippen molar-refractivity contribution in [3.63, 3.8) is 0 Å². The highest BCUT2D eigenvalue weighted by Gasteiger charge is 2.20. The molecule has 6 nitrogen and oxygen atoms in total. The van der Waals surface area contributed by atoms with Gasteiger partial charge in [0.1, 0.15) is 0 Å². The minimum absolute atomic E-state index is 0.0234. The number of nitrogens with one attached hydrogen (secondary N) is 2. The summed E-state index contributed by atoms with van der Waals surface area (Å²) in [6.45, 7) is 6.09. The zero-order valence-electron chi connectivity index (χ0n) is 9.45. The molecule has 15 heavy (non-hydrogen) atoms. The predicted octanol–water partition coefficient (Wildman–Crippen LogP) is -0.123. The predicted molar refractivity (Wildman–Crippen MR) is 61.0 cm³/mol. The molecule has 1 unspecified atom stereocenters. The van der Waals surface area contributed by atoms with Gasteiger partial charge in [-0.1, -0.05) is 13.8 Å². The van der Waals surface area contributed by atoms with Gasteiger partial charge in [0.05, 0.1) is 5.84 Å². The van der Waals surface area contributed by atoms with Crippen LogP contribution in [0.25, 0.3) is 0 Å². The lowest BCUT2D eigenvalue weighted by Crippen LogP contribution is -2.45. The highest BCUT2D eigenvalue weighted by atomic mass is 32.2. The Kier molecular flexibility index (Phi) is 5.77. The lowest BCUT2D eigenvalue weighted by Gasteiger charge is -2.21. The highest BCUT2D eigenvalue weighted by Crippen LogP contribution is 2.00. The fourth-order valence-corrected chi connectivity index (χ4v) is 2.68. The summed E-state index contributed by atoms with van der Waals surface area (Å²) in [5.41, 5.74) is 5.19. The monoisotopic (exact) mass is 236 g/mol. The van der Waals surface area contributed by atoms with Crippen LogP contribution in [0.2, 0.25) is 0 Å². The third-order valence-corrected chi connectivity index (χ3v) is 3.82. The van der Waals surface area contributed by atoms with E-state index in [1.807, 2.05) is 0 Å². The van der Waals surface area contributed by atoms with Crippen LogP contribution in [-0.2, 0) is 10.2 Å².